The van der Waals surface area contributed by atoms with E-state index in [0.29, 0.717) is 18.7 Å². The third-order valence-corrected chi connectivity index (χ3v) is 6.99. The minimum absolute atomic E-state index is 0.261. The number of fused-ring (bicyclic) bond motifs is 4. The SMILES string of the molecule is C[C@@H]1COc2cccc(c2)-c2ccccc2SCCCC[C@H](N(C(N)=O)c2cccnc2)C(=O)N1. The van der Waals surface area contributed by atoms with Gasteiger partial charge in [0.15, 0.2) is 0 Å². The van der Waals surface area contributed by atoms with Crippen LogP contribution in [0.1, 0.15) is 26.2 Å². The van der Waals surface area contributed by atoms with Crippen LogP contribution in [0.25, 0.3) is 11.1 Å². The Morgan fingerprint density at radius 1 is 1.14 bits per heavy atom. The van der Waals surface area contributed by atoms with Crippen molar-refractivity contribution in [3.05, 3.63) is 73.1 Å². The Morgan fingerprint density at radius 3 is 2.80 bits per heavy atom. The molecule has 182 valence electrons. The van der Waals surface area contributed by atoms with E-state index in [2.05, 4.69) is 28.5 Å². The normalized spacial score (nSPS) is 19.1. The molecule has 4 rings (SSSR count). The molecule has 8 heteroatoms. The summed E-state index contributed by atoms with van der Waals surface area (Å²) < 4.78 is 6.01. The molecular weight excluding hydrogens is 460 g/mol. The van der Waals surface area contributed by atoms with E-state index in [4.69, 9.17) is 10.5 Å². The zero-order chi connectivity index (χ0) is 24.6. The molecule has 1 aromatic heterocycles. The highest BCUT2D eigenvalue weighted by atomic mass is 32.2. The molecule has 35 heavy (non-hydrogen) atoms. The lowest BCUT2D eigenvalue weighted by molar-refractivity contribution is -0.123. The van der Waals surface area contributed by atoms with Gasteiger partial charge in [-0.15, -0.1) is 11.8 Å². The van der Waals surface area contributed by atoms with Gasteiger partial charge in [0.25, 0.3) is 0 Å². The van der Waals surface area contributed by atoms with Gasteiger partial charge in [0.1, 0.15) is 18.4 Å². The number of hydrogen-bond donors (Lipinski definition) is 2. The van der Waals surface area contributed by atoms with E-state index < -0.39 is 12.1 Å². The van der Waals surface area contributed by atoms with Crippen LogP contribution in [-0.4, -0.2) is 41.4 Å². The topological polar surface area (TPSA) is 97.6 Å². The summed E-state index contributed by atoms with van der Waals surface area (Å²) in [7, 11) is 0. The fourth-order valence-electron chi connectivity index (χ4n) is 4.14. The van der Waals surface area contributed by atoms with Crippen LogP contribution in [-0.2, 0) is 4.79 Å². The van der Waals surface area contributed by atoms with Gasteiger partial charge in [0, 0.05) is 11.1 Å². The van der Waals surface area contributed by atoms with Crippen molar-refractivity contribution in [1.82, 2.24) is 10.3 Å². The van der Waals surface area contributed by atoms with Gasteiger partial charge in [0.05, 0.1) is 17.9 Å². The standard InChI is InChI=1S/C27H30N4O3S/c1-19-18-34-22-10-6-8-20(16-22)23-11-2-3-13-25(23)35-15-5-4-12-24(26(32)30-19)31(27(28)33)21-9-7-14-29-17-21/h2-3,6-11,13-14,16-17,19,24H,4-5,12,15,18H2,1H3,(H2,28,33)(H,30,32)/t19-,24+/m1/s1. The van der Waals surface area contributed by atoms with Crippen molar-refractivity contribution in [3.63, 3.8) is 0 Å². The van der Waals surface area contributed by atoms with E-state index in [0.717, 1.165) is 29.9 Å². The summed E-state index contributed by atoms with van der Waals surface area (Å²) in [5.74, 6) is 1.37. The Morgan fingerprint density at radius 2 is 2.00 bits per heavy atom. The number of urea groups is 1. The Labute approximate surface area is 210 Å². The number of carbonyl (C=O) groups excluding carboxylic acids is 2. The van der Waals surface area contributed by atoms with Crippen LogP contribution < -0.4 is 20.7 Å². The van der Waals surface area contributed by atoms with Crippen LogP contribution >= 0.6 is 11.8 Å². The summed E-state index contributed by atoms with van der Waals surface area (Å²) in [6, 6.07) is 18.1. The number of nitrogens with one attached hydrogen (secondary N) is 1. The number of anilines is 1. The summed E-state index contributed by atoms with van der Waals surface area (Å²) in [6.07, 6.45) is 5.30. The van der Waals surface area contributed by atoms with E-state index in [1.807, 2.05) is 37.3 Å². The highest BCUT2D eigenvalue weighted by molar-refractivity contribution is 7.99. The van der Waals surface area contributed by atoms with Gasteiger partial charge in [-0.25, -0.2) is 4.79 Å². The maximum absolute atomic E-state index is 13.3. The second-order valence-corrected chi connectivity index (χ2v) is 9.66. The van der Waals surface area contributed by atoms with Crippen molar-refractivity contribution in [3.8, 4) is 16.9 Å². The lowest BCUT2D eigenvalue weighted by Gasteiger charge is -2.30. The molecule has 3 N–H and O–H groups in total. The number of aromatic nitrogens is 1. The molecule has 3 aromatic rings. The van der Waals surface area contributed by atoms with Gasteiger partial charge < -0.3 is 15.8 Å². The molecule has 0 saturated heterocycles. The van der Waals surface area contributed by atoms with Crippen molar-refractivity contribution >= 4 is 29.4 Å². The molecule has 2 aromatic carbocycles. The van der Waals surface area contributed by atoms with Crippen molar-refractivity contribution in [2.24, 2.45) is 5.73 Å². The fourth-order valence-corrected chi connectivity index (χ4v) is 5.23. The first kappa shape index (κ1) is 24.6. The summed E-state index contributed by atoms with van der Waals surface area (Å²) in [5, 5.41) is 3.00. The minimum atomic E-state index is -0.743. The lowest BCUT2D eigenvalue weighted by Crippen LogP contribution is -2.54. The lowest BCUT2D eigenvalue weighted by atomic mass is 10.1. The first-order chi connectivity index (χ1) is 17.0. The molecule has 0 spiro atoms. The zero-order valence-corrected chi connectivity index (χ0v) is 20.5. The molecule has 0 unspecified atom stereocenters. The van der Waals surface area contributed by atoms with E-state index in [1.54, 1.807) is 36.3 Å². The number of ether oxygens (including phenoxy) is 1. The molecule has 0 fully saturated rings. The number of pyridine rings is 1. The molecule has 0 aliphatic carbocycles. The predicted octanol–water partition coefficient (Wildman–Crippen LogP) is 4.86. The molecule has 2 atom stereocenters. The van der Waals surface area contributed by atoms with Crippen molar-refractivity contribution in [2.75, 3.05) is 17.3 Å². The van der Waals surface area contributed by atoms with Crippen molar-refractivity contribution in [1.29, 1.82) is 0 Å². The van der Waals surface area contributed by atoms with Crippen LogP contribution in [0.4, 0.5) is 10.5 Å². The maximum Gasteiger partial charge on any atom is 0.320 e. The van der Waals surface area contributed by atoms with Crippen LogP contribution in [0, 0.1) is 0 Å². The third-order valence-electron chi connectivity index (χ3n) is 5.83. The first-order valence-corrected chi connectivity index (χ1v) is 12.8. The number of hydrogen-bond acceptors (Lipinski definition) is 5. The smallest absolute Gasteiger partial charge is 0.320 e. The van der Waals surface area contributed by atoms with Gasteiger partial charge in [-0.3, -0.25) is 14.7 Å². The summed E-state index contributed by atoms with van der Waals surface area (Å²) in [4.78, 5) is 32.4. The molecule has 1 aliphatic heterocycles. The van der Waals surface area contributed by atoms with Gasteiger partial charge >= 0.3 is 6.03 Å². The zero-order valence-electron chi connectivity index (χ0n) is 19.7. The minimum Gasteiger partial charge on any atom is -0.491 e. The number of carbonyl (C=O) groups is 2. The quantitative estimate of drug-likeness (QED) is 0.535. The molecule has 7 nitrogen and oxygen atoms in total. The average Bonchev–Trinajstić information content (AvgIpc) is 2.87. The van der Waals surface area contributed by atoms with Crippen LogP contribution in [0.5, 0.6) is 5.75 Å². The molecule has 3 amide bonds. The Hall–Kier alpha value is -3.52. The maximum atomic E-state index is 13.3. The molecule has 0 saturated carbocycles. The number of amides is 3. The number of benzene rings is 2. The number of rotatable bonds is 2. The van der Waals surface area contributed by atoms with Gasteiger partial charge in [0.2, 0.25) is 5.91 Å². The highest BCUT2D eigenvalue weighted by Crippen LogP contribution is 2.34. The number of nitrogens with zero attached hydrogens (tertiary/aromatic N) is 2. The summed E-state index contributed by atoms with van der Waals surface area (Å²) in [6.45, 7) is 2.17. The molecule has 1 aliphatic rings. The van der Waals surface area contributed by atoms with E-state index >= 15 is 0 Å². The Kier molecular flexibility index (Phi) is 8.26. The molecule has 2 heterocycles. The summed E-state index contributed by atoms with van der Waals surface area (Å²) >= 11 is 1.79. The van der Waals surface area contributed by atoms with Crippen molar-refractivity contribution < 1.29 is 14.3 Å². The van der Waals surface area contributed by atoms with E-state index in [9.17, 15) is 9.59 Å². The van der Waals surface area contributed by atoms with Gasteiger partial charge in [-0.1, -0.05) is 36.8 Å². The van der Waals surface area contributed by atoms with E-state index in [-0.39, 0.29) is 11.9 Å². The van der Waals surface area contributed by atoms with E-state index in [1.165, 1.54) is 15.4 Å². The fraction of sp³-hybridized carbons (Fsp3) is 0.296. The highest BCUT2D eigenvalue weighted by Gasteiger charge is 2.30. The van der Waals surface area contributed by atoms with Crippen LogP contribution in [0.2, 0.25) is 0 Å². The Bertz CT molecular complexity index is 1160. The van der Waals surface area contributed by atoms with Crippen LogP contribution in [0.3, 0.4) is 0 Å². The second kappa shape index (κ2) is 11.8. The Balaban J connectivity index is 1.61. The largest absolute Gasteiger partial charge is 0.491 e. The monoisotopic (exact) mass is 490 g/mol. The van der Waals surface area contributed by atoms with Crippen LogP contribution in [0.15, 0.2) is 78.0 Å². The van der Waals surface area contributed by atoms with Gasteiger partial charge in [-0.05, 0) is 67.0 Å². The van der Waals surface area contributed by atoms with Crippen molar-refractivity contribution in [2.45, 2.75) is 43.2 Å². The third kappa shape index (κ3) is 6.33. The molecule has 0 radical (unpaired) electrons. The summed E-state index contributed by atoms with van der Waals surface area (Å²) in [5.41, 5.74) is 8.51. The molecular formula is C27H30N4O3S. The predicted molar refractivity (Wildman–Crippen MR) is 140 cm³/mol. The second-order valence-electron chi connectivity index (χ2n) is 8.52. The molecule has 2 bridgehead atoms. The van der Waals surface area contributed by atoms with Gasteiger partial charge in [-0.2, -0.15) is 0 Å². The average molecular weight is 491 g/mol. The number of primary amides is 1. The first-order valence-electron chi connectivity index (χ1n) is 11.8. The number of nitrogens with two attached hydrogens (primary N) is 1. The number of thioether (sulfide) groups is 1.